The summed E-state index contributed by atoms with van der Waals surface area (Å²) >= 11 is 0. The zero-order valence-electron chi connectivity index (χ0n) is 11.2. The first-order valence-electron chi connectivity index (χ1n) is 6.97. The molecule has 0 aromatic rings. The molecule has 1 atom stereocenters. The highest BCUT2D eigenvalue weighted by Crippen LogP contribution is 2.59. The van der Waals surface area contributed by atoms with Crippen molar-refractivity contribution in [3.8, 4) is 12.1 Å². The maximum absolute atomic E-state index is 12.5. The summed E-state index contributed by atoms with van der Waals surface area (Å²) in [5, 5.41) is 20.6. The summed E-state index contributed by atoms with van der Waals surface area (Å²) < 4.78 is 0. The van der Waals surface area contributed by atoms with Gasteiger partial charge in [-0.2, -0.15) is 10.5 Å². The topological polar surface area (TPSA) is 79.9 Å². The Morgan fingerprint density at radius 3 is 2.32 bits per heavy atom. The second-order valence-corrected chi connectivity index (χ2v) is 5.51. The highest BCUT2D eigenvalue weighted by Gasteiger charge is 2.58. The molecule has 1 aliphatic carbocycles. The first-order valence-corrected chi connectivity index (χ1v) is 6.97. The number of nitrogens with zero attached hydrogens (tertiary/aromatic N) is 3. The van der Waals surface area contributed by atoms with E-state index in [9.17, 15) is 4.79 Å². The lowest BCUT2D eigenvalue weighted by molar-refractivity contribution is -0.133. The molecule has 0 aromatic heterocycles. The van der Waals surface area contributed by atoms with Gasteiger partial charge in [0.15, 0.2) is 0 Å². The molecule has 2 rings (SSSR count). The molecule has 2 aliphatic rings. The summed E-state index contributed by atoms with van der Waals surface area (Å²) in [7, 11) is 0. The largest absolute Gasteiger partial charge is 0.340 e. The van der Waals surface area contributed by atoms with Crippen molar-refractivity contribution in [2.75, 3.05) is 26.2 Å². The first kappa shape index (κ1) is 13.8. The average molecular weight is 260 g/mol. The van der Waals surface area contributed by atoms with Gasteiger partial charge in [-0.25, -0.2) is 0 Å². The number of nitrogens with one attached hydrogen (secondary N) is 1. The van der Waals surface area contributed by atoms with Gasteiger partial charge in [0.2, 0.25) is 5.91 Å². The quantitative estimate of drug-likeness (QED) is 0.800. The molecule has 1 N–H and O–H groups in total. The van der Waals surface area contributed by atoms with Gasteiger partial charge in [0.25, 0.3) is 0 Å². The second kappa shape index (κ2) is 6.04. The molecule has 0 radical (unpaired) electrons. The summed E-state index contributed by atoms with van der Waals surface area (Å²) in [6, 6.07) is 4.15. The predicted molar refractivity (Wildman–Crippen MR) is 69.7 cm³/mol. The molecule has 5 heteroatoms. The lowest BCUT2D eigenvalue weighted by Crippen LogP contribution is -2.37. The Morgan fingerprint density at radius 1 is 1.21 bits per heavy atom. The van der Waals surface area contributed by atoms with E-state index in [2.05, 4.69) is 17.5 Å². The fourth-order valence-corrected chi connectivity index (χ4v) is 3.10. The van der Waals surface area contributed by atoms with Crippen LogP contribution in [0.25, 0.3) is 0 Å². The van der Waals surface area contributed by atoms with Crippen LogP contribution in [0.5, 0.6) is 0 Å². The Morgan fingerprint density at radius 2 is 1.79 bits per heavy atom. The number of hydrogen-bond donors (Lipinski definition) is 1. The SMILES string of the molecule is N#CCCN(CCC#N)C(=O)C1CC12CCNCC2. The summed E-state index contributed by atoms with van der Waals surface area (Å²) in [6.45, 7) is 2.92. The molecule has 1 saturated heterocycles. The molecule has 2 fully saturated rings. The standard InChI is InChI=1S/C14H20N4O/c15-5-1-9-18(10-2-6-16)13(19)12-11-14(12)3-7-17-8-4-14/h12,17H,1-4,7-11H2. The maximum atomic E-state index is 12.5. The minimum atomic E-state index is 0.131. The Kier molecular flexibility index (Phi) is 4.39. The van der Waals surface area contributed by atoms with Gasteiger partial charge in [-0.15, -0.1) is 0 Å². The van der Waals surface area contributed by atoms with E-state index in [1.165, 1.54) is 0 Å². The highest BCUT2D eigenvalue weighted by atomic mass is 16.2. The minimum Gasteiger partial charge on any atom is -0.340 e. The highest BCUT2D eigenvalue weighted by molar-refractivity contribution is 5.82. The third-order valence-corrected chi connectivity index (χ3v) is 4.39. The molecule has 0 aromatic carbocycles. The van der Waals surface area contributed by atoms with Crippen molar-refractivity contribution >= 4 is 5.91 Å². The summed E-state index contributed by atoms with van der Waals surface area (Å²) in [4.78, 5) is 14.2. The van der Waals surface area contributed by atoms with E-state index < -0.39 is 0 Å². The summed E-state index contributed by atoms with van der Waals surface area (Å²) in [5.41, 5.74) is 0.222. The van der Waals surface area contributed by atoms with Crippen molar-refractivity contribution in [2.45, 2.75) is 32.1 Å². The fourth-order valence-electron chi connectivity index (χ4n) is 3.10. The van der Waals surface area contributed by atoms with Crippen LogP contribution in [0, 0.1) is 34.0 Å². The third-order valence-electron chi connectivity index (χ3n) is 4.39. The van der Waals surface area contributed by atoms with E-state index in [4.69, 9.17) is 10.5 Å². The molecule has 19 heavy (non-hydrogen) atoms. The number of rotatable bonds is 5. The molecular weight excluding hydrogens is 240 g/mol. The van der Waals surface area contributed by atoms with E-state index in [1.54, 1.807) is 4.90 Å². The van der Waals surface area contributed by atoms with Crippen LogP contribution in [-0.2, 0) is 4.79 Å². The summed E-state index contributed by atoms with van der Waals surface area (Å²) in [5.74, 6) is 0.291. The van der Waals surface area contributed by atoms with Crippen LogP contribution in [0.4, 0.5) is 0 Å². The van der Waals surface area contributed by atoms with Crippen LogP contribution in [0.1, 0.15) is 32.1 Å². The van der Waals surface area contributed by atoms with Gasteiger partial charge in [0.1, 0.15) is 0 Å². The number of carbonyl (C=O) groups is 1. The van der Waals surface area contributed by atoms with Crippen LogP contribution < -0.4 is 5.32 Å². The molecule has 0 bridgehead atoms. The van der Waals surface area contributed by atoms with E-state index >= 15 is 0 Å². The van der Waals surface area contributed by atoms with E-state index in [1.807, 2.05) is 0 Å². The smallest absolute Gasteiger partial charge is 0.226 e. The van der Waals surface area contributed by atoms with E-state index in [0.717, 1.165) is 32.4 Å². The van der Waals surface area contributed by atoms with Crippen LogP contribution in [0.2, 0.25) is 0 Å². The average Bonchev–Trinajstić information content (AvgIpc) is 3.12. The van der Waals surface area contributed by atoms with E-state index in [-0.39, 0.29) is 17.2 Å². The van der Waals surface area contributed by atoms with Gasteiger partial charge in [-0.05, 0) is 37.8 Å². The summed E-state index contributed by atoms with van der Waals surface area (Å²) in [6.07, 6.45) is 3.83. The van der Waals surface area contributed by atoms with Crippen molar-refractivity contribution in [3.05, 3.63) is 0 Å². The lowest BCUT2D eigenvalue weighted by Gasteiger charge is -2.26. The normalized spacial score (nSPS) is 23.4. The third kappa shape index (κ3) is 3.05. The lowest BCUT2D eigenvalue weighted by atomic mass is 9.91. The van der Waals surface area contributed by atoms with E-state index in [0.29, 0.717) is 25.9 Å². The molecule has 1 saturated carbocycles. The van der Waals surface area contributed by atoms with Crippen molar-refractivity contribution in [1.82, 2.24) is 10.2 Å². The second-order valence-electron chi connectivity index (χ2n) is 5.51. The fraction of sp³-hybridized carbons (Fsp3) is 0.786. The van der Waals surface area contributed by atoms with Gasteiger partial charge in [-0.1, -0.05) is 0 Å². The molecule has 1 heterocycles. The van der Waals surface area contributed by atoms with Crippen LogP contribution in [-0.4, -0.2) is 37.0 Å². The Hall–Kier alpha value is -1.59. The Balaban J connectivity index is 1.92. The molecule has 102 valence electrons. The van der Waals surface area contributed by atoms with Crippen molar-refractivity contribution in [2.24, 2.45) is 11.3 Å². The number of carbonyl (C=O) groups excluding carboxylic acids is 1. The number of piperidine rings is 1. The number of amides is 1. The zero-order valence-corrected chi connectivity index (χ0v) is 11.2. The van der Waals surface area contributed by atoms with Gasteiger partial charge in [0, 0.05) is 19.0 Å². The maximum Gasteiger partial charge on any atom is 0.226 e. The van der Waals surface area contributed by atoms with Crippen molar-refractivity contribution < 1.29 is 4.79 Å². The van der Waals surface area contributed by atoms with Crippen molar-refractivity contribution in [3.63, 3.8) is 0 Å². The van der Waals surface area contributed by atoms with Gasteiger partial charge in [0.05, 0.1) is 25.0 Å². The number of nitriles is 2. The molecule has 5 nitrogen and oxygen atoms in total. The molecule has 1 aliphatic heterocycles. The number of hydrogen-bond acceptors (Lipinski definition) is 4. The molecular formula is C14H20N4O. The monoisotopic (exact) mass is 260 g/mol. The van der Waals surface area contributed by atoms with Gasteiger partial charge < -0.3 is 10.2 Å². The molecule has 1 spiro atoms. The van der Waals surface area contributed by atoms with Crippen molar-refractivity contribution in [1.29, 1.82) is 10.5 Å². The minimum absolute atomic E-state index is 0.131. The Labute approximate surface area is 114 Å². The predicted octanol–water partition coefficient (Wildman–Crippen LogP) is 1.03. The zero-order chi connectivity index (χ0) is 13.7. The van der Waals surface area contributed by atoms with Gasteiger partial charge >= 0.3 is 0 Å². The Bertz CT molecular complexity index is 396. The first-order chi connectivity index (χ1) is 9.23. The van der Waals surface area contributed by atoms with Crippen LogP contribution >= 0.6 is 0 Å². The molecule has 1 amide bonds. The van der Waals surface area contributed by atoms with Crippen LogP contribution in [0.3, 0.4) is 0 Å². The van der Waals surface area contributed by atoms with Crippen LogP contribution in [0.15, 0.2) is 0 Å². The molecule has 1 unspecified atom stereocenters. The van der Waals surface area contributed by atoms with Gasteiger partial charge in [-0.3, -0.25) is 4.79 Å².